The zero-order valence-electron chi connectivity index (χ0n) is 15.8. The SMILES string of the molecule is C[C@@](O)(C=C[C@H]1CC=CC(=O)O1)[C@H](O)C[C@H](C=CC=CC=CCOP)OPP. The first-order valence-electron chi connectivity index (χ1n) is 8.79. The van der Waals surface area contributed by atoms with Crippen molar-refractivity contribution >= 4 is 32.9 Å². The number of cyclic esters (lactones) is 1. The first-order valence-corrected chi connectivity index (χ1v) is 12.0. The normalized spacial score (nSPS) is 22.8. The van der Waals surface area contributed by atoms with Crippen LogP contribution in [0, 0.1) is 0 Å². The van der Waals surface area contributed by atoms with E-state index >= 15 is 0 Å². The molecule has 1 aliphatic heterocycles. The maximum Gasteiger partial charge on any atom is 0.331 e. The maximum atomic E-state index is 11.3. The fourth-order valence-corrected chi connectivity index (χ4v) is 3.27. The van der Waals surface area contributed by atoms with E-state index in [4.69, 9.17) is 13.8 Å². The van der Waals surface area contributed by atoms with Crippen molar-refractivity contribution in [2.45, 2.75) is 43.7 Å². The highest BCUT2D eigenvalue weighted by Gasteiger charge is 2.30. The Balaban J connectivity index is 2.61. The summed E-state index contributed by atoms with van der Waals surface area (Å²) < 4.78 is 15.6. The van der Waals surface area contributed by atoms with Gasteiger partial charge in [-0.2, -0.15) is 0 Å². The minimum Gasteiger partial charge on any atom is -0.455 e. The van der Waals surface area contributed by atoms with Gasteiger partial charge >= 0.3 is 5.97 Å². The summed E-state index contributed by atoms with van der Waals surface area (Å²) in [4.78, 5) is 11.3. The third-order valence-electron chi connectivity index (χ3n) is 3.88. The monoisotopic (exact) mass is 446 g/mol. The van der Waals surface area contributed by atoms with Crippen LogP contribution in [-0.2, 0) is 18.6 Å². The molecule has 6 nitrogen and oxygen atoms in total. The second-order valence-electron chi connectivity index (χ2n) is 6.26. The van der Waals surface area contributed by atoms with Crippen molar-refractivity contribution in [3.05, 3.63) is 60.8 Å². The highest BCUT2D eigenvalue weighted by Crippen LogP contribution is 2.28. The summed E-state index contributed by atoms with van der Waals surface area (Å²) in [6, 6.07) is 0. The predicted molar refractivity (Wildman–Crippen MR) is 120 cm³/mol. The molecule has 7 atom stereocenters. The Morgan fingerprint density at radius 1 is 1.43 bits per heavy atom. The summed E-state index contributed by atoms with van der Waals surface area (Å²) in [5, 5.41) is 21.0. The van der Waals surface area contributed by atoms with Crippen molar-refractivity contribution in [2.24, 2.45) is 0 Å². The van der Waals surface area contributed by atoms with E-state index in [0.717, 1.165) is 0 Å². The second-order valence-corrected chi connectivity index (χ2v) is 7.77. The lowest BCUT2D eigenvalue weighted by molar-refractivity contribution is -0.141. The highest BCUT2D eigenvalue weighted by molar-refractivity contribution is 8.00. The van der Waals surface area contributed by atoms with Gasteiger partial charge in [-0.05, 0) is 13.0 Å². The zero-order valence-corrected chi connectivity index (χ0v) is 19.1. The molecule has 0 aromatic heterocycles. The number of esters is 1. The molecule has 1 aliphatic rings. The molecule has 3 unspecified atom stereocenters. The Morgan fingerprint density at radius 2 is 2.18 bits per heavy atom. The molecule has 1 heterocycles. The average Bonchev–Trinajstić information content (AvgIpc) is 2.66. The molecule has 0 aromatic rings. The molecule has 0 aliphatic carbocycles. The standard InChI is InChI=1S/C19H29O6P3/c1-19(22,12-11-15-9-7-10-18(21)24-15)17(20)14-16(25-28-27)8-5-3-2-4-6-13-23-26/h2-8,10-12,15-17,20,22,28H,9,13-14,26-27H2,1H3/t15-,16+,17-,19-/m1/s1. The number of aliphatic hydroxyl groups excluding tert-OH is 1. The van der Waals surface area contributed by atoms with Gasteiger partial charge in [0.1, 0.15) is 11.7 Å². The lowest BCUT2D eigenvalue weighted by Crippen LogP contribution is -2.39. The molecule has 2 N–H and O–H groups in total. The van der Waals surface area contributed by atoms with Crippen LogP contribution in [-0.4, -0.2) is 46.7 Å². The highest BCUT2D eigenvalue weighted by atomic mass is 32.0. The van der Waals surface area contributed by atoms with Gasteiger partial charge in [-0.25, -0.2) is 4.79 Å². The van der Waals surface area contributed by atoms with E-state index in [0.29, 0.717) is 13.0 Å². The zero-order chi connectivity index (χ0) is 20.8. The number of hydrogen-bond acceptors (Lipinski definition) is 6. The quantitative estimate of drug-likeness (QED) is 0.207. The molecule has 0 fully saturated rings. The third kappa shape index (κ3) is 10.7. The summed E-state index contributed by atoms with van der Waals surface area (Å²) in [5.41, 5.74) is -1.48. The smallest absolute Gasteiger partial charge is 0.331 e. The van der Waals surface area contributed by atoms with Gasteiger partial charge in [0.2, 0.25) is 0 Å². The van der Waals surface area contributed by atoms with Crippen molar-refractivity contribution < 1.29 is 28.8 Å². The van der Waals surface area contributed by atoms with Crippen LogP contribution in [0.5, 0.6) is 0 Å². The molecule has 28 heavy (non-hydrogen) atoms. The molecular formula is C19H29O6P3. The van der Waals surface area contributed by atoms with E-state index in [9.17, 15) is 15.0 Å². The number of aliphatic hydroxyl groups is 2. The van der Waals surface area contributed by atoms with Crippen LogP contribution in [0.2, 0.25) is 0 Å². The molecule has 0 saturated heterocycles. The van der Waals surface area contributed by atoms with Crippen LogP contribution in [0.15, 0.2) is 60.8 Å². The van der Waals surface area contributed by atoms with Crippen molar-refractivity contribution in [3.63, 3.8) is 0 Å². The van der Waals surface area contributed by atoms with E-state index in [2.05, 4.69) is 18.4 Å². The van der Waals surface area contributed by atoms with E-state index in [-0.39, 0.29) is 21.0 Å². The van der Waals surface area contributed by atoms with Crippen molar-refractivity contribution in [1.82, 2.24) is 0 Å². The molecule has 0 radical (unpaired) electrons. The third-order valence-corrected chi connectivity index (χ3v) is 4.91. The Morgan fingerprint density at radius 3 is 2.86 bits per heavy atom. The molecule has 0 saturated carbocycles. The predicted octanol–water partition coefficient (Wildman–Crippen LogP) is 3.16. The molecule has 0 amide bonds. The first kappa shape index (κ1) is 25.3. The van der Waals surface area contributed by atoms with E-state index in [1.807, 2.05) is 36.5 Å². The summed E-state index contributed by atoms with van der Waals surface area (Å²) in [6.07, 6.45) is 16.1. The Hall–Kier alpha value is -0.700. The Kier molecular flexibility index (Phi) is 12.9. The first-order chi connectivity index (χ1) is 13.4. The van der Waals surface area contributed by atoms with Crippen LogP contribution in [0.1, 0.15) is 19.8 Å². The van der Waals surface area contributed by atoms with Crippen LogP contribution in [0.4, 0.5) is 0 Å². The fraction of sp³-hybridized carbons (Fsp3) is 0.421. The minimum atomic E-state index is -1.48. The van der Waals surface area contributed by atoms with Crippen molar-refractivity contribution in [1.29, 1.82) is 0 Å². The average molecular weight is 446 g/mol. The van der Waals surface area contributed by atoms with Crippen LogP contribution >= 0.6 is 26.9 Å². The van der Waals surface area contributed by atoms with Gasteiger partial charge in [-0.15, -0.1) is 0 Å². The van der Waals surface area contributed by atoms with Gasteiger partial charge in [0.25, 0.3) is 0 Å². The molecule has 156 valence electrons. The van der Waals surface area contributed by atoms with Crippen LogP contribution in [0.25, 0.3) is 0 Å². The van der Waals surface area contributed by atoms with Crippen LogP contribution in [0.3, 0.4) is 0 Å². The molecular weight excluding hydrogens is 417 g/mol. The van der Waals surface area contributed by atoms with E-state index < -0.39 is 23.8 Å². The maximum absolute atomic E-state index is 11.3. The summed E-state index contributed by atoms with van der Waals surface area (Å²) in [7, 11) is 4.84. The molecule has 9 heteroatoms. The Bertz CT molecular complexity index is 613. The number of carbonyl (C=O) groups excluding carboxylic acids is 1. The van der Waals surface area contributed by atoms with Gasteiger partial charge in [0.05, 0.1) is 18.8 Å². The lowest BCUT2D eigenvalue weighted by atomic mass is 9.93. The van der Waals surface area contributed by atoms with Gasteiger partial charge in [-0.3, -0.25) is 0 Å². The molecule has 1 rings (SSSR count). The lowest BCUT2D eigenvalue weighted by Gasteiger charge is -2.28. The number of ether oxygens (including phenoxy) is 1. The number of carbonyl (C=O) groups is 1. The second kappa shape index (κ2) is 14.3. The van der Waals surface area contributed by atoms with Gasteiger partial charge in [0, 0.05) is 36.9 Å². The molecule has 0 spiro atoms. The number of hydrogen-bond donors (Lipinski definition) is 2. The summed E-state index contributed by atoms with van der Waals surface area (Å²) in [6.45, 7) is 2.03. The Labute approximate surface area is 173 Å². The summed E-state index contributed by atoms with van der Waals surface area (Å²) >= 11 is 0. The van der Waals surface area contributed by atoms with Crippen molar-refractivity contribution in [3.8, 4) is 0 Å². The topological polar surface area (TPSA) is 85.2 Å². The van der Waals surface area contributed by atoms with E-state index in [1.165, 1.54) is 19.1 Å². The van der Waals surface area contributed by atoms with E-state index in [1.54, 1.807) is 12.2 Å². The largest absolute Gasteiger partial charge is 0.455 e. The van der Waals surface area contributed by atoms with Crippen LogP contribution < -0.4 is 0 Å². The fourth-order valence-electron chi connectivity index (χ4n) is 2.28. The number of allylic oxidation sites excluding steroid dienone is 4. The van der Waals surface area contributed by atoms with Gasteiger partial charge in [-0.1, -0.05) is 57.5 Å². The summed E-state index contributed by atoms with van der Waals surface area (Å²) in [5.74, 6) is -0.412. The molecule has 0 bridgehead atoms. The van der Waals surface area contributed by atoms with Gasteiger partial charge in [0.15, 0.2) is 0 Å². The number of rotatable bonds is 12. The van der Waals surface area contributed by atoms with Crippen molar-refractivity contribution in [2.75, 3.05) is 6.61 Å². The molecule has 0 aromatic carbocycles. The van der Waals surface area contributed by atoms with Gasteiger partial charge < -0.3 is 24.0 Å². The minimum absolute atomic E-state index is 0.167.